The SMILES string of the molecule is Cc1ccc(S(=O)(=O)/C(C#N)=C/c2ccc(N3CCCCCC3)cc2)cc1. The third-order valence-corrected chi connectivity index (χ3v) is 6.57. The van der Waals surface area contributed by atoms with Crippen molar-refractivity contribution in [3.63, 3.8) is 0 Å². The summed E-state index contributed by atoms with van der Waals surface area (Å²) in [5.41, 5.74) is 2.83. The maximum absolute atomic E-state index is 12.7. The van der Waals surface area contributed by atoms with Gasteiger partial charge in [0.05, 0.1) is 4.90 Å². The van der Waals surface area contributed by atoms with E-state index in [1.165, 1.54) is 43.9 Å². The molecule has 0 unspecified atom stereocenters. The Labute approximate surface area is 161 Å². The van der Waals surface area contributed by atoms with Crippen LogP contribution in [0.5, 0.6) is 0 Å². The highest BCUT2D eigenvalue weighted by atomic mass is 32.2. The molecule has 4 nitrogen and oxygen atoms in total. The van der Waals surface area contributed by atoms with E-state index >= 15 is 0 Å². The van der Waals surface area contributed by atoms with Crippen molar-refractivity contribution >= 4 is 21.6 Å². The Morgan fingerprint density at radius 2 is 1.56 bits per heavy atom. The van der Waals surface area contributed by atoms with Gasteiger partial charge in [0.25, 0.3) is 0 Å². The summed E-state index contributed by atoms with van der Waals surface area (Å²) in [5, 5.41) is 9.42. The number of nitrogens with zero attached hydrogens (tertiary/aromatic N) is 2. The van der Waals surface area contributed by atoms with E-state index in [-0.39, 0.29) is 9.80 Å². The monoisotopic (exact) mass is 380 g/mol. The fourth-order valence-electron chi connectivity index (χ4n) is 3.28. The molecule has 0 bridgehead atoms. The summed E-state index contributed by atoms with van der Waals surface area (Å²) in [7, 11) is -3.81. The second-order valence-electron chi connectivity index (χ2n) is 6.93. The molecule has 0 aromatic heterocycles. The molecular formula is C22H24N2O2S. The Morgan fingerprint density at radius 1 is 0.963 bits per heavy atom. The third kappa shape index (κ3) is 4.58. The number of sulfone groups is 1. The minimum atomic E-state index is -3.81. The number of rotatable bonds is 4. The van der Waals surface area contributed by atoms with Gasteiger partial charge in [0, 0.05) is 18.8 Å². The number of anilines is 1. The minimum Gasteiger partial charge on any atom is -0.372 e. The topological polar surface area (TPSA) is 61.2 Å². The molecule has 140 valence electrons. The van der Waals surface area contributed by atoms with E-state index in [0.29, 0.717) is 5.56 Å². The Balaban J connectivity index is 1.85. The molecule has 0 aliphatic carbocycles. The predicted octanol–water partition coefficient (Wildman–Crippen LogP) is 4.71. The van der Waals surface area contributed by atoms with Crippen LogP contribution in [0.25, 0.3) is 6.08 Å². The van der Waals surface area contributed by atoms with Crippen molar-refractivity contribution in [2.45, 2.75) is 37.5 Å². The summed E-state index contributed by atoms with van der Waals surface area (Å²) in [4.78, 5) is 2.27. The van der Waals surface area contributed by atoms with Crippen LogP contribution in [0, 0.1) is 18.3 Å². The maximum Gasteiger partial charge on any atom is 0.216 e. The summed E-state index contributed by atoms with van der Waals surface area (Å²) >= 11 is 0. The average Bonchev–Trinajstić information content (AvgIpc) is 2.96. The number of allylic oxidation sites excluding steroid dienone is 1. The van der Waals surface area contributed by atoms with E-state index in [2.05, 4.69) is 4.90 Å². The van der Waals surface area contributed by atoms with Gasteiger partial charge in [-0.2, -0.15) is 5.26 Å². The molecule has 0 radical (unpaired) electrons. The third-order valence-electron chi connectivity index (χ3n) is 4.89. The van der Waals surface area contributed by atoms with Gasteiger partial charge in [-0.05, 0) is 55.7 Å². The van der Waals surface area contributed by atoms with Gasteiger partial charge in [-0.1, -0.05) is 42.7 Å². The van der Waals surface area contributed by atoms with E-state index in [4.69, 9.17) is 0 Å². The van der Waals surface area contributed by atoms with Gasteiger partial charge in [-0.25, -0.2) is 8.42 Å². The first kappa shape index (κ1) is 19.2. The number of hydrogen-bond donors (Lipinski definition) is 0. The Bertz CT molecular complexity index is 945. The average molecular weight is 381 g/mol. The van der Waals surface area contributed by atoms with Gasteiger partial charge in [-0.3, -0.25) is 0 Å². The van der Waals surface area contributed by atoms with Crippen LogP contribution in [0.3, 0.4) is 0 Å². The van der Waals surface area contributed by atoms with Crippen LogP contribution in [0.1, 0.15) is 36.8 Å². The van der Waals surface area contributed by atoms with Crippen LogP contribution >= 0.6 is 0 Å². The lowest BCUT2D eigenvalue weighted by molar-refractivity contribution is 0.603. The zero-order valence-electron chi connectivity index (χ0n) is 15.6. The summed E-state index contributed by atoms with van der Waals surface area (Å²) < 4.78 is 25.5. The highest BCUT2D eigenvalue weighted by Gasteiger charge is 2.20. The first-order chi connectivity index (χ1) is 13.0. The summed E-state index contributed by atoms with van der Waals surface area (Å²) in [6, 6.07) is 16.2. The first-order valence-electron chi connectivity index (χ1n) is 9.29. The summed E-state index contributed by atoms with van der Waals surface area (Å²) in [5.74, 6) is 0. The van der Waals surface area contributed by atoms with Gasteiger partial charge in [0.15, 0.2) is 0 Å². The van der Waals surface area contributed by atoms with Crippen LogP contribution in [0.4, 0.5) is 5.69 Å². The minimum absolute atomic E-state index is 0.141. The van der Waals surface area contributed by atoms with E-state index in [1.807, 2.05) is 37.3 Å². The van der Waals surface area contributed by atoms with E-state index in [1.54, 1.807) is 12.1 Å². The highest BCUT2D eigenvalue weighted by Crippen LogP contribution is 2.24. The number of hydrogen-bond acceptors (Lipinski definition) is 4. The molecule has 0 atom stereocenters. The zero-order valence-corrected chi connectivity index (χ0v) is 16.4. The predicted molar refractivity (Wildman–Crippen MR) is 109 cm³/mol. The molecule has 1 saturated heterocycles. The van der Waals surface area contributed by atoms with Gasteiger partial charge >= 0.3 is 0 Å². The second kappa shape index (κ2) is 8.41. The molecule has 2 aromatic carbocycles. The number of aryl methyl sites for hydroxylation is 1. The molecule has 3 rings (SSSR count). The molecule has 27 heavy (non-hydrogen) atoms. The lowest BCUT2D eigenvalue weighted by Gasteiger charge is -2.22. The molecule has 5 heteroatoms. The fraction of sp³-hybridized carbons (Fsp3) is 0.318. The number of nitriles is 1. The Kier molecular flexibility index (Phi) is 5.98. The molecule has 0 N–H and O–H groups in total. The van der Waals surface area contributed by atoms with E-state index in [9.17, 15) is 13.7 Å². The van der Waals surface area contributed by atoms with Crippen molar-refractivity contribution < 1.29 is 8.42 Å². The second-order valence-corrected chi connectivity index (χ2v) is 8.85. The molecule has 1 aliphatic rings. The van der Waals surface area contributed by atoms with Crippen molar-refractivity contribution in [1.29, 1.82) is 5.26 Å². The Hall–Kier alpha value is -2.58. The standard InChI is InChI=1S/C22H24N2O2S/c1-18-6-12-21(13-7-18)27(25,26)22(17-23)16-19-8-10-20(11-9-19)24-14-4-2-3-5-15-24/h6-13,16H,2-5,14-15H2,1H3/b22-16+. The van der Waals surface area contributed by atoms with E-state index < -0.39 is 9.84 Å². The quantitative estimate of drug-likeness (QED) is 0.721. The normalized spacial score (nSPS) is 15.9. The summed E-state index contributed by atoms with van der Waals surface area (Å²) in [6.07, 6.45) is 6.41. The van der Waals surface area contributed by atoms with Crippen molar-refractivity contribution in [3.8, 4) is 6.07 Å². The highest BCUT2D eigenvalue weighted by molar-refractivity contribution is 7.95. The molecular weight excluding hydrogens is 356 g/mol. The molecule has 0 amide bonds. The Morgan fingerprint density at radius 3 is 2.11 bits per heavy atom. The van der Waals surface area contributed by atoms with Gasteiger partial charge in [0.2, 0.25) is 9.84 Å². The lowest BCUT2D eigenvalue weighted by atomic mass is 10.2. The molecule has 1 fully saturated rings. The fourth-order valence-corrected chi connectivity index (χ4v) is 4.44. The molecule has 1 aliphatic heterocycles. The van der Waals surface area contributed by atoms with E-state index in [0.717, 1.165) is 24.3 Å². The number of benzene rings is 2. The summed E-state index contributed by atoms with van der Waals surface area (Å²) in [6.45, 7) is 4.00. The van der Waals surface area contributed by atoms with Gasteiger partial charge < -0.3 is 4.90 Å². The van der Waals surface area contributed by atoms with Crippen molar-refractivity contribution in [1.82, 2.24) is 0 Å². The van der Waals surface area contributed by atoms with Crippen LogP contribution in [0.2, 0.25) is 0 Å². The molecule has 1 heterocycles. The van der Waals surface area contributed by atoms with Crippen LogP contribution in [-0.4, -0.2) is 21.5 Å². The van der Waals surface area contributed by atoms with Gasteiger partial charge in [-0.15, -0.1) is 0 Å². The van der Waals surface area contributed by atoms with Gasteiger partial charge in [0.1, 0.15) is 11.0 Å². The lowest BCUT2D eigenvalue weighted by Crippen LogP contribution is -2.23. The molecule has 2 aromatic rings. The van der Waals surface area contributed by atoms with Crippen LogP contribution < -0.4 is 4.90 Å². The van der Waals surface area contributed by atoms with Crippen molar-refractivity contribution in [3.05, 3.63) is 64.6 Å². The largest absolute Gasteiger partial charge is 0.372 e. The van der Waals surface area contributed by atoms with Crippen molar-refractivity contribution in [2.24, 2.45) is 0 Å². The first-order valence-corrected chi connectivity index (χ1v) is 10.8. The maximum atomic E-state index is 12.7. The van der Waals surface area contributed by atoms with Crippen LogP contribution in [-0.2, 0) is 9.84 Å². The molecule has 0 spiro atoms. The van der Waals surface area contributed by atoms with Crippen molar-refractivity contribution in [2.75, 3.05) is 18.0 Å². The smallest absolute Gasteiger partial charge is 0.216 e. The molecule has 0 saturated carbocycles. The zero-order chi connectivity index (χ0) is 19.3. The van der Waals surface area contributed by atoms with Crippen LogP contribution in [0.15, 0.2) is 58.3 Å².